The molecule has 0 unspecified atom stereocenters. The monoisotopic (exact) mass is 323 g/mol. The zero-order valence-electron chi connectivity index (χ0n) is 13.2. The SMILES string of the molecule is C[C@H]1[C@@H](NC(=O)COC(=O)c2c[nH]c(=O)[nH]c2=O)CCC[C@@H]1C. The molecule has 0 spiro atoms. The molecule has 0 saturated heterocycles. The molecule has 0 aromatic carbocycles. The summed E-state index contributed by atoms with van der Waals surface area (Å²) in [6.07, 6.45) is 4.08. The van der Waals surface area contributed by atoms with E-state index in [0.29, 0.717) is 11.8 Å². The first kappa shape index (κ1) is 17.0. The predicted molar refractivity (Wildman–Crippen MR) is 82.1 cm³/mol. The van der Waals surface area contributed by atoms with Crippen molar-refractivity contribution in [3.63, 3.8) is 0 Å². The minimum Gasteiger partial charge on any atom is -0.452 e. The van der Waals surface area contributed by atoms with Gasteiger partial charge in [0.2, 0.25) is 0 Å². The van der Waals surface area contributed by atoms with Gasteiger partial charge in [0.15, 0.2) is 6.61 Å². The third kappa shape index (κ3) is 4.30. The van der Waals surface area contributed by atoms with Crippen LogP contribution in [-0.4, -0.2) is 34.5 Å². The fraction of sp³-hybridized carbons (Fsp3) is 0.600. The van der Waals surface area contributed by atoms with E-state index >= 15 is 0 Å². The lowest BCUT2D eigenvalue weighted by atomic mass is 9.78. The van der Waals surface area contributed by atoms with Gasteiger partial charge in [0.25, 0.3) is 11.5 Å². The molecule has 1 heterocycles. The number of carbonyl (C=O) groups excluding carboxylic acids is 2. The standard InChI is InChI=1S/C15H21N3O5/c1-8-4-3-5-11(9(8)2)17-12(19)7-23-14(21)10-6-16-15(22)18-13(10)20/h6,8-9,11H,3-5,7H2,1-2H3,(H,17,19)(H2,16,18,20,22)/t8-,9+,11-/m0/s1. The van der Waals surface area contributed by atoms with E-state index in [1.165, 1.54) is 0 Å². The lowest BCUT2D eigenvalue weighted by Gasteiger charge is -2.34. The maximum Gasteiger partial charge on any atom is 0.345 e. The summed E-state index contributed by atoms with van der Waals surface area (Å²) in [5, 5.41) is 2.87. The van der Waals surface area contributed by atoms with Crippen LogP contribution in [-0.2, 0) is 9.53 Å². The van der Waals surface area contributed by atoms with Gasteiger partial charge in [0.1, 0.15) is 5.56 Å². The zero-order valence-corrected chi connectivity index (χ0v) is 13.2. The maximum atomic E-state index is 11.9. The van der Waals surface area contributed by atoms with E-state index in [0.717, 1.165) is 25.5 Å². The number of carbonyl (C=O) groups is 2. The fourth-order valence-corrected chi connectivity index (χ4v) is 2.80. The van der Waals surface area contributed by atoms with E-state index in [9.17, 15) is 19.2 Å². The summed E-state index contributed by atoms with van der Waals surface area (Å²) in [4.78, 5) is 50.1. The molecule has 0 bridgehead atoms. The summed E-state index contributed by atoms with van der Waals surface area (Å²) in [5.74, 6) is -0.449. The molecule has 0 radical (unpaired) electrons. The van der Waals surface area contributed by atoms with Gasteiger partial charge in [-0.15, -0.1) is 0 Å². The van der Waals surface area contributed by atoms with E-state index in [4.69, 9.17) is 4.74 Å². The Hall–Kier alpha value is -2.38. The molecule has 126 valence electrons. The topological polar surface area (TPSA) is 121 Å². The molecular weight excluding hydrogens is 302 g/mol. The smallest absolute Gasteiger partial charge is 0.345 e. The molecule has 1 aliphatic rings. The van der Waals surface area contributed by atoms with E-state index < -0.39 is 29.7 Å². The Bertz CT molecular complexity index is 693. The van der Waals surface area contributed by atoms with Gasteiger partial charge >= 0.3 is 11.7 Å². The van der Waals surface area contributed by atoms with Crippen molar-refractivity contribution in [2.45, 2.75) is 39.2 Å². The highest BCUT2D eigenvalue weighted by Crippen LogP contribution is 2.29. The molecule has 1 aromatic heterocycles. The number of ether oxygens (including phenoxy) is 1. The molecule has 8 heteroatoms. The van der Waals surface area contributed by atoms with Gasteiger partial charge in [-0.25, -0.2) is 9.59 Å². The van der Waals surface area contributed by atoms with Crippen LogP contribution in [0.3, 0.4) is 0 Å². The second-order valence-corrected chi connectivity index (χ2v) is 6.00. The Morgan fingerprint density at radius 3 is 2.74 bits per heavy atom. The Balaban J connectivity index is 1.87. The molecule has 3 atom stereocenters. The number of aromatic amines is 2. The summed E-state index contributed by atoms with van der Waals surface area (Å²) >= 11 is 0. The molecule has 23 heavy (non-hydrogen) atoms. The van der Waals surface area contributed by atoms with Gasteiger partial charge in [-0.1, -0.05) is 26.7 Å². The number of hydrogen-bond acceptors (Lipinski definition) is 5. The normalized spacial score (nSPS) is 24.0. The van der Waals surface area contributed by atoms with E-state index in [1.807, 2.05) is 4.98 Å². The van der Waals surface area contributed by atoms with Crippen LogP contribution in [0.2, 0.25) is 0 Å². The highest BCUT2D eigenvalue weighted by molar-refractivity contribution is 5.90. The second kappa shape index (κ2) is 7.26. The van der Waals surface area contributed by atoms with Crippen LogP contribution < -0.4 is 16.6 Å². The van der Waals surface area contributed by atoms with Crippen molar-refractivity contribution in [1.82, 2.24) is 15.3 Å². The number of nitrogens with one attached hydrogen (secondary N) is 3. The summed E-state index contributed by atoms with van der Waals surface area (Å²) in [6, 6.07) is 0.0708. The number of H-pyrrole nitrogens is 2. The molecule has 2 rings (SSSR count). The molecule has 1 amide bonds. The van der Waals surface area contributed by atoms with Gasteiger partial charge in [-0.3, -0.25) is 14.6 Å². The molecule has 1 saturated carbocycles. The van der Waals surface area contributed by atoms with Crippen LogP contribution in [0.5, 0.6) is 0 Å². The van der Waals surface area contributed by atoms with Crippen molar-refractivity contribution >= 4 is 11.9 Å². The number of esters is 1. The Morgan fingerprint density at radius 1 is 1.30 bits per heavy atom. The van der Waals surface area contributed by atoms with Crippen LogP contribution in [0, 0.1) is 11.8 Å². The predicted octanol–water partition coefficient (Wildman–Crippen LogP) is 0.161. The molecule has 1 aliphatic carbocycles. The highest BCUT2D eigenvalue weighted by atomic mass is 16.5. The zero-order chi connectivity index (χ0) is 17.0. The average molecular weight is 323 g/mol. The summed E-state index contributed by atoms with van der Waals surface area (Å²) in [6.45, 7) is 3.79. The largest absolute Gasteiger partial charge is 0.452 e. The van der Waals surface area contributed by atoms with Crippen molar-refractivity contribution in [2.24, 2.45) is 11.8 Å². The maximum absolute atomic E-state index is 11.9. The number of rotatable bonds is 4. The quantitative estimate of drug-likeness (QED) is 0.682. The Morgan fingerprint density at radius 2 is 2.04 bits per heavy atom. The first-order chi connectivity index (χ1) is 10.9. The van der Waals surface area contributed by atoms with Crippen LogP contribution in [0.25, 0.3) is 0 Å². The average Bonchev–Trinajstić information content (AvgIpc) is 2.49. The van der Waals surface area contributed by atoms with E-state index in [-0.39, 0.29) is 11.6 Å². The lowest BCUT2D eigenvalue weighted by molar-refractivity contribution is -0.125. The molecule has 1 fully saturated rings. The van der Waals surface area contributed by atoms with Crippen molar-refractivity contribution in [1.29, 1.82) is 0 Å². The van der Waals surface area contributed by atoms with Gasteiger partial charge in [0.05, 0.1) is 0 Å². The summed E-state index contributed by atoms with van der Waals surface area (Å²) in [7, 11) is 0. The van der Waals surface area contributed by atoms with Crippen LogP contribution in [0.1, 0.15) is 43.5 Å². The Labute approximate surface area is 132 Å². The molecule has 3 N–H and O–H groups in total. The fourth-order valence-electron chi connectivity index (χ4n) is 2.80. The first-order valence-corrected chi connectivity index (χ1v) is 7.67. The first-order valence-electron chi connectivity index (χ1n) is 7.67. The van der Waals surface area contributed by atoms with Gasteiger partial charge < -0.3 is 15.0 Å². The summed E-state index contributed by atoms with van der Waals surface area (Å²) in [5.41, 5.74) is -1.92. The van der Waals surface area contributed by atoms with Gasteiger partial charge in [-0.2, -0.15) is 0 Å². The van der Waals surface area contributed by atoms with Crippen LogP contribution >= 0.6 is 0 Å². The van der Waals surface area contributed by atoms with E-state index in [1.54, 1.807) is 0 Å². The number of amides is 1. The summed E-state index contributed by atoms with van der Waals surface area (Å²) < 4.78 is 4.82. The van der Waals surface area contributed by atoms with Crippen molar-refractivity contribution in [3.8, 4) is 0 Å². The number of hydrogen-bond donors (Lipinski definition) is 3. The molecule has 8 nitrogen and oxygen atoms in total. The molecule has 0 aliphatic heterocycles. The minimum absolute atomic E-state index is 0.0708. The van der Waals surface area contributed by atoms with Crippen LogP contribution in [0.15, 0.2) is 15.8 Å². The second-order valence-electron chi connectivity index (χ2n) is 6.00. The lowest BCUT2D eigenvalue weighted by Crippen LogP contribution is -2.45. The van der Waals surface area contributed by atoms with Crippen molar-refractivity contribution < 1.29 is 14.3 Å². The van der Waals surface area contributed by atoms with Crippen molar-refractivity contribution in [3.05, 3.63) is 32.6 Å². The Kier molecular flexibility index (Phi) is 5.36. The van der Waals surface area contributed by atoms with Gasteiger partial charge in [0, 0.05) is 12.2 Å². The third-order valence-electron chi connectivity index (χ3n) is 4.43. The third-order valence-corrected chi connectivity index (χ3v) is 4.43. The molecule has 1 aromatic rings. The van der Waals surface area contributed by atoms with Crippen molar-refractivity contribution in [2.75, 3.05) is 6.61 Å². The van der Waals surface area contributed by atoms with Crippen LogP contribution in [0.4, 0.5) is 0 Å². The molecular formula is C15H21N3O5. The van der Waals surface area contributed by atoms with Gasteiger partial charge in [-0.05, 0) is 18.3 Å². The minimum atomic E-state index is -0.956. The highest BCUT2D eigenvalue weighted by Gasteiger charge is 2.28. The van der Waals surface area contributed by atoms with E-state index in [2.05, 4.69) is 24.1 Å². The number of aromatic nitrogens is 2.